The molecule has 0 saturated heterocycles. The van der Waals surface area contributed by atoms with Crippen molar-refractivity contribution in [3.63, 3.8) is 0 Å². The normalized spacial score (nSPS) is 11.9. The third kappa shape index (κ3) is 8.69. The van der Waals surface area contributed by atoms with Crippen molar-refractivity contribution in [2.75, 3.05) is 13.1 Å². The van der Waals surface area contributed by atoms with Crippen LogP contribution >= 0.6 is 0 Å². The second kappa shape index (κ2) is 10.7. The molecule has 0 bridgehead atoms. The fourth-order valence-corrected chi connectivity index (χ4v) is 1.50. The van der Waals surface area contributed by atoms with Crippen molar-refractivity contribution in [1.82, 2.24) is 16.0 Å². The van der Waals surface area contributed by atoms with Gasteiger partial charge in [0.05, 0.1) is 6.54 Å². The fraction of sp³-hybridized carbons (Fsp3) is 0.750. The van der Waals surface area contributed by atoms with E-state index in [0.717, 1.165) is 19.4 Å². The Balaban J connectivity index is 3.85. The first-order valence-electron chi connectivity index (χ1n) is 6.26. The van der Waals surface area contributed by atoms with Gasteiger partial charge in [0.15, 0.2) is 0 Å². The van der Waals surface area contributed by atoms with Crippen LogP contribution in [0.4, 0.5) is 0 Å². The molecule has 3 N–H and O–H groups in total. The van der Waals surface area contributed by atoms with Gasteiger partial charge in [-0.3, -0.25) is 9.59 Å². The van der Waals surface area contributed by atoms with Gasteiger partial charge in [0.2, 0.25) is 12.3 Å². The van der Waals surface area contributed by atoms with Crippen LogP contribution in [0.5, 0.6) is 0 Å². The average Bonchev–Trinajstić information content (AvgIpc) is 2.33. The van der Waals surface area contributed by atoms with E-state index in [2.05, 4.69) is 29.8 Å². The molecular weight excluding hydrogens is 234 g/mol. The number of rotatable bonds is 11. The van der Waals surface area contributed by atoms with E-state index >= 15 is 0 Å². The lowest BCUT2D eigenvalue weighted by Crippen LogP contribution is -2.44. The Kier molecular flexibility index (Phi) is 9.86. The minimum Gasteiger partial charge on any atom is -0.348 e. The van der Waals surface area contributed by atoms with Gasteiger partial charge in [0.25, 0.3) is 0 Å². The molecule has 0 rings (SSSR count). The molecule has 0 aromatic heterocycles. The smallest absolute Gasteiger partial charge is 0.242 e. The SMILES string of the molecule is CC(C)NCCCCC(NC=O)C(=O)NCC=O. The second-order valence-electron chi connectivity index (χ2n) is 4.35. The summed E-state index contributed by atoms with van der Waals surface area (Å²) in [5, 5.41) is 8.17. The first-order valence-corrected chi connectivity index (χ1v) is 6.26. The second-order valence-corrected chi connectivity index (χ2v) is 4.35. The lowest BCUT2D eigenvalue weighted by molar-refractivity contribution is -0.126. The van der Waals surface area contributed by atoms with Crippen molar-refractivity contribution in [2.45, 2.75) is 45.2 Å². The molecular formula is C12H23N3O3. The highest BCUT2D eigenvalue weighted by Crippen LogP contribution is 2.00. The monoisotopic (exact) mass is 257 g/mol. The Morgan fingerprint density at radius 3 is 2.50 bits per heavy atom. The highest BCUT2D eigenvalue weighted by molar-refractivity contribution is 5.84. The summed E-state index contributed by atoms with van der Waals surface area (Å²) in [6, 6.07) is -0.105. The van der Waals surface area contributed by atoms with Crippen LogP contribution in [0.3, 0.4) is 0 Å². The van der Waals surface area contributed by atoms with E-state index in [0.29, 0.717) is 25.2 Å². The van der Waals surface area contributed by atoms with E-state index in [1.165, 1.54) is 0 Å². The first kappa shape index (κ1) is 16.6. The summed E-state index contributed by atoms with van der Waals surface area (Å²) in [6.45, 7) is 5.01. The van der Waals surface area contributed by atoms with Gasteiger partial charge in [-0.2, -0.15) is 0 Å². The minimum atomic E-state index is -0.554. The van der Waals surface area contributed by atoms with Gasteiger partial charge >= 0.3 is 0 Å². The molecule has 0 fully saturated rings. The van der Waals surface area contributed by atoms with Gasteiger partial charge in [-0.1, -0.05) is 13.8 Å². The van der Waals surface area contributed by atoms with Gasteiger partial charge < -0.3 is 20.7 Å². The zero-order chi connectivity index (χ0) is 13.8. The maximum Gasteiger partial charge on any atom is 0.242 e. The molecule has 0 aromatic rings. The van der Waals surface area contributed by atoms with Crippen LogP contribution in [-0.4, -0.2) is 43.8 Å². The van der Waals surface area contributed by atoms with Crippen molar-refractivity contribution in [3.05, 3.63) is 0 Å². The highest BCUT2D eigenvalue weighted by atomic mass is 16.2. The quantitative estimate of drug-likeness (QED) is 0.347. The summed E-state index contributed by atoms with van der Waals surface area (Å²) in [6.07, 6.45) is 3.47. The molecule has 6 nitrogen and oxygen atoms in total. The summed E-state index contributed by atoms with van der Waals surface area (Å²) in [5.74, 6) is -0.314. The van der Waals surface area contributed by atoms with Gasteiger partial charge in [0.1, 0.15) is 12.3 Å². The summed E-state index contributed by atoms with van der Waals surface area (Å²) in [4.78, 5) is 32.1. The third-order valence-corrected chi connectivity index (χ3v) is 2.42. The standard InChI is InChI=1S/C12H23N3O3/c1-10(2)13-6-4-3-5-11(15-9-17)12(18)14-7-8-16/h8-11,13H,3-7H2,1-2H3,(H,14,18)(H,15,17). The molecule has 18 heavy (non-hydrogen) atoms. The van der Waals surface area contributed by atoms with Crippen LogP contribution in [-0.2, 0) is 14.4 Å². The van der Waals surface area contributed by atoms with Crippen LogP contribution in [0.1, 0.15) is 33.1 Å². The Bertz CT molecular complexity index is 257. The van der Waals surface area contributed by atoms with Crippen molar-refractivity contribution >= 4 is 18.6 Å². The Hall–Kier alpha value is -1.43. The maximum absolute atomic E-state index is 11.6. The molecule has 0 radical (unpaired) electrons. The van der Waals surface area contributed by atoms with E-state index < -0.39 is 6.04 Å². The lowest BCUT2D eigenvalue weighted by atomic mass is 10.1. The van der Waals surface area contributed by atoms with E-state index in [1.54, 1.807) is 0 Å². The maximum atomic E-state index is 11.6. The molecule has 1 atom stereocenters. The van der Waals surface area contributed by atoms with E-state index in [1.807, 2.05) is 0 Å². The van der Waals surface area contributed by atoms with Crippen molar-refractivity contribution < 1.29 is 14.4 Å². The van der Waals surface area contributed by atoms with E-state index in [9.17, 15) is 14.4 Å². The van der Waals surface area contributed by atoms with Crippen LogP contribution in [0.25, 0.3) is 0 Å². The first-order chi connectivity index (χ1) is 8.61. The van der Waals surface area contributed by atoms with Crippen LogP contribution in [0.2, 0.25) is 0 Å². The molecule has 0 aromatic carbocycles. The molecule has 6 heteroatoms. The molecule has 0 saturated carbocycles. The van der Waals surface area contributed by atoms with Gasteiger partial charge in [-0.25, -0.2) is 0 Å². The minimum absolute atomic E-state index is 0.0230. The van der Waals surface area contributed by atoms with E-state index in [4.69, 9.17) is 0 Å². The summed E-state index contributed by atoms with van der Waals surface area (Å²) in [7, 11) is 0. The van der Waals surface area contributed by atoms with E-state index in [-0.39, 0.29) is 12.5 Å². The Morgan fingerprint density at radius 1 is 1.22 bits per heavy atom. The number of carbonyl (C=O) groups excluding carboxylic acids is 3. The zero-order valence-corrected chi connectivity index (χ0v) is 11.1. The summed E-state index contributed by atoms with van der Waals surface area (Å²) < 4.78 is 0. The molecule has 104 valence electrons. The molecule has 0 aliphatic carbocycles. The zero-order valence-electron chi connectivity index (χ0n) is 11.1. The largest absolute Gasteiger partial charge is 0.348 e. The number of nitrogens with one attached hydrogen (secondary N) is 3. The number of amides is 2. The van der Waals surface area contributed by atoms with Crippen molar-refractivity contribution in [1.29, 1.82) is 0 Å². The van der Waals surface area contributed by atoms with Crippen LogP contribution in [0.15, 0.2) is 0 Å². The molecule has 0 aliphatic heterocycles. The predicted molar refractivity (Wildman–Crippen MR) is 69.1 cm³/mol. The molecule has 2 amide bonds. The number of hydrogen-bond acceptors (Lipinski definition) is 4. The number of unbranched alkanes of at least 4 members (excludes halogenated alkanes) is 1. The Labute approximate surface area is 108 Å². The average molecular weight is 257 g/mol. The lowest BCUT2D eigenvalue weighted by Gasteiger charge is -2.15. The molecule has 0 heterocycles. The predicted octanol–water partition coefficient (Wildman–Crippen LogP) is -0.416. The Morgan fingerprint density at radius 2 is 1.94 bits per heavy atom. The van der Waals surface area contributed by atoms with Crippen LogP contribution in [0, 0.1) is 0 Å². The molecule has 1 unspecified atom stereocenters. The topological polar surface area (TPSA) is 87.3 Å². The van der Waals surface area contributed by atoms with Gasteiger partial charge in [-0.15, -0.1) is 0 Å². The summed E-state index contributed by atoms with van der Waals surface area (Å²) >= 11 is 0. The number of hydrogen-bond donors (Lipinski definition) is 3. The summed E-state index contributed by atoms with van der Waals surface area (Å²) in [5.41, 5.74) is 0. The van der Waals surface area contributed by atoms with Gasteiger partial charge in [-0.05, 0) is 25.8 Å². The van der Waals surface area contributed by atoms with Gasteiger partial charge in [0, 0.05) is 6.04 Å². The number of carbonyl (C=O) groups is 3. The third-order valence-electron chi connectivity index (χ3n) is 2.42. The molecule has 0 spiro atoms. The molecule has 0 aliphatic rings. The highest BCUT2D eigenvalue weighted by Gasteiger charge is 2.16. The fourth-order valence-electron chi connectivity index (χ4n) is 1.50. The number of aldehydes is 1. The van der Waals surface area contributed by atoms with Crippen molar-refractivity contribution in [2.24, 2.45) is 0 Å². The van der Waals surface area contributed by atoms with Crippen LogP contribution < -0.4 is 16.0 Å². The van der Waals surface area contributed by atoms with Crippen molar-refractivity contribution in [3.8, 4) is 0 Å².